The highest BCUT2D eigenvalue weighted by molar-refractivity contribution is 7.16. The van der Waals surface area contributed by atoms with E-state index in [0.29, 0.717) is 0 Å². The molecule has 1 heterocycles. The number of nitrogens with one attached hydrogen (secondary N) is 1. The van der Waals surface area contributed by atoms with Gasteiger partial charge in [0.1, 0.15) is 0 Å². The average molecular weight is 247 g/mol. The maximum atomic E-state index is 5.87. The number of thiophene rings is 1. The van der Waals surface area contributed by atoms with Crippen LogP contribution in [0.15, 0.2) is 12.1 Å². The number of hydrogen-bond donors (Lipinski definition) is 1. The van der Waals surface area contributed by atoms with Gasteiger partial charge in [-0.25, -0.2) is 0 Å². The maximum Gasteiger partial charge on any atom is 0.0931 e. The first-order valence-electron chi connectivity index (χ1n) is 5.29. The summed E-state index contributed by atoms with van der Waals surface area (Å²) in [5.74, 6) is 0. The zero-order valence-electron chi connectivity index (χ0n) is 9.42. The quantitative estimate of drug-likeness (QED) is 0.744. The van der Waals surface area contributed by atoms with Crippen molar-refractivity contribution < 1.29 is 0 Å². The van der Waals surface area contributed by atoms with Gasteiger partial charge in [0.05, 0.1) is 4.34 Å². The van der Waals surface area contributed by atoms with E-state index in [1.165, 1.54) is 11.3 Å². The van der Waals surface area contributed by atoms with E-state index in [0.717, 1.165) is 30.4 Å². The van der Waals surface area contributed by atoms with Gasteiger partial charge in [-0.1, -0.05) is 11.6 Å². The van der Waals surface area contributed by atoms with Crippen molar-refractivity contribution in [3.05, 3.63) is 21.3 Å². The predicted molar refractivity (Wildman–Crippen MR) is 69.1 cm³/mol. The lowest BCUT2D eigenvalue weighted by Crippen LogP contribution is -2.24. The van der Waals surface area contributed by atoms with Crippen molar-refractivity contribution in [3.8, 4) is 0 Å². The number of hydrogen-bond acceptors (Lipinski definition) is 3. The van der Waals surface area contributed by atoms with Crippen LogP contribution in [0.1, 0.15) is 11.3 Å². The molecule has 86 valence electrons. The molecule has 4 heteroatoms. The van der Waals surface area contributed by atoms with Crippen molar-refractivity contribution >= 4 is 22.9 Å². The fraction of sp³-hybridized carbons (Fsp3) is 0.636. The summed E-state index contributed by atoms with van der Waals surface area (Å²) in [6, 6.07) is 4.09. The number of rotatable bonds is 7. The normalized spacial score (nSPS) is 11.2. The Morgan fingerprint density at radius 1 is 1.40 bits per heavy atom. The Morgan fingerprint density at radius 3 is 2.80 bits per heavy atom. The van der Waals surface area contributed by atoms with Gasteiger partial charge in [-0.05, 0) is 52.2 Å². The van der Waals surface area contributed by atoms with E-state index in [1.807, 2.05) is 13.1 Å². The molecule has 0 bridgehead atoms. The third kappa shape index (κ3) is 5.52. The highest BCUT2D eigenvalue weighted by atomic mass is 35.5. The van der Waals surface area contributed by atoms with Crippen LogP contribution in [0.3, 0.4) is 0 Å². The molecule has 0 saturated carbocycles. The molecule has 0 amide bonds. The van der Waals surface area contributed by atoms with Crippen LogP contribution in [0.4, 0.5) is 0 Å². The van der Waals surface area contributed by atoms with E-state index in [4.69, 9.17) is 11.6 Å². The van der Waals surface area contributed by atoms with Gasteiger partial charge < -0.3 is 10.2 Å². The third-order valence-electron chi connectivity index (χ3n) is 2.34. The molecule has 0 fully saturated rings. The highest BCUT2D eigenvalue weighted by Crippen LogP contribution is 2.21. The van der Waals surface area contributed by atoms with Gasteiger partial charge in [-0.2, -0.15) is 0 Å². The molecule has 0 aliphatic heterocycles. The minimum atomic E-state index is 0.892. The second kappa shape index (κ2) is 7.23. The smallest absolute Gasteiger partial charge is 0.0931 e. The Bertz CT molecular complexity index is 275. The molecule has 0 atom stereocenters. The standard InChI is InChI=1S/C11H19ClN2S/c1-13-7-3-8-14(2)9-6-10-4-5-11(12)15-10/h4-5,13H,3,6-9H2,1-2H3. The van der Waals surface area contributed by atoms with Gasteiger partial charge in [0.2, 0.25) is 0 Å². The minimum absolute atomic E-state index is 0.892. The Balaban J connectivity index is 2.13. The predicted octanol–water partition coefficient (Wildman–Crippen LogP) is 2.49. The molecule has 0 spiro atoms. The lowest BCUT2D eigenvalue weighted by Gasteiger charge is -2.15. The molecule has 1 aromatic heterocycles. The molecule has 1 aromatic rings. The van der Waals surface area contributed by atoms with Gasteiger partial charge >= 0.3 is 0 Å². The van der Waals surface area contributed by atoms with Crippen LogP contribution in [-0.4, -0.2) is 38.6 Å². The van der Waals surface area contributed by atoms with Crippen LogP contribution in [0.5, 0.6) is 0 Å². The lowest BCUT2D eigenvalue weighted by molar-refractivity contribution is 0.333. The van der Waals surface area contributed by atoms with Crippen molar-refractivity contribution in [1.29, 1.82) is 0 Å². The van der Waals surface area contributed by atoms with Gasteiger partial charge in [0, 0.05) is 11.4 Å². The highest BCUT2D eigenvalue weighted by Gasteiger charge is 2.01. The van der Waals surface area contributed by atoms with Crippen LogP contribution in [0.25, 0.3) is 0 Å². The molecule has 15 heavy (non-hydrogen) atoms. The second-order valence-corrected chi connectivity index (χ2v) is 5.52. The van der Waals surface area contributed by atoms with Crippen molar-refractivity contribution in [2.45, 2.75) is 12.8 Å². The van der Waals surface area contributed by atoms with Gasteiger partial charge in [0.15, 0.2) is 0 Å². The summed E-state index contributed by atoms with van der Waals surface area (Å²) in [4.78, 5) is 3.74. The largest absolute Gasteiger partial charge is 0.320 e. The Kier molecular flexibility index (Phi) is 6.25. The van der Waals surface area contributed by atoms with Crippen LogP contribution >= 0.6 is 22.9 Å². The first-order chi connectivity index (χ1) is 7.22. The Labute approximate surface area is 101 Å². The molecule has 0 saturated heterocycles. The number of halogens is 1. The summed E-state index contributed by atoms with van der Waals surface area (Å²) in [7, 11) is 4.17. The van der Waals surface area contributed by atoms with E-state index in [9.17, 15) is 0 Å². The summed E-state index contributed by atoms with van der Waals surface area (Å²) < 4.78 is 0.892. The summed E-state index contributed by atoms with van der Waals surface area (Å²) in [6.45, 7) is 3.36. The second-order valence-electron chi connectivity index (χ2n) is 3.72. The van der Waals surface area contributed by atoms with Crippen LogP contribution < -0.4 is 5.32 Å². The minimum Gasteiger partial charge on any atom is -0.320 e. The van der Waals surface area contributed by atoms with Gasteiger partial charge in [-0.3, -0.25) is 0 Å². The van der Waals surface area contributed by atoms with Crippen molar-refractivity contribution in [3.63, 3.8) is 0 Å². The maximum absolute atomic E-state index is 5.87. The number of nitrogens with zero attached hydrogens (tertiary/aromatic N) is 1. The molecule has 0 aromatic carbocycles. The monoisotopic (exact) mass is 246 g/mol. The van der Waals surface area contributed by atoms with Gasteiger partial charge in [-0.15, -0.1) is 11.3 Å². The summed E-state index contributed by atoms with van der Waals surface area (Å²) in [5.41, 5.74) is 0. The molecular weight excluding hydrogens is 228 g/mol. The van der Waals surface area contributed by atoms with Crippen molar-refractivity contribution in [2.75, 3.05) is 33.7 Å². The first kappa shape index (κ1) is 13.0. The molecule has 2 nitrogen and oxygen atoms in total. The molecule has 0 radical (unpaired) electrons. The van der Waals surface area contributed by atoms with Gasteiger partial charge in [0.25, 0.3) is 0 Å². The Hall–Kier alpha value is -0.0900. The van der Waals surface area contributed by atoms with E-state index >= 15 is 0 Å². The fourth-order valence-corrected chi connectivity index (χ4v) is 2.50. The zero-order chi connectivity index (χ0) is 11.1. The van der Waals surface area contributed by atoms with Crippen LogP contribution in [0, 0.1) is 0 Å². The third-order valence-corrected chi connectivity index (χ3v) is 3.63. The fourth-order valence-electron chi connectivity index (χ4n) is 1.42. The first-order valence-corrected chi connectivity index (χ1v) is 6.49. The van der Waals surface area contributed by atoms with E-state index in [1.54, 1.807) is 11.3 Å². The lowest BCUT2D eigenvalue weighted by atomic mass is 10.3. The molecule has 1 rings (SSSR count). The van der Waals surface area contributed by atoms with Crippen molar-refractivity contribution in [2.24, 2.45) is 0 Å². The molecular formula is C11H19ClN2S. The van der Waals surface area contributed by atoms with E-state index in [2.05, 4.69) is 23.3 Å². The van der Waals surface area contributed by atoms with Crippen LogP contribution in [-0.2, 0) is 6.42 Å². The molecule has 0 aliphatic carbocycles. The van der Waals surface area contributed by atoms with E-state index in [-0.39, 0.29) is 0 Å². The molecule has 1 N–H and O–H groups in total. The number of likely N-dealkylation sites (N-methyl/N-ethyl adjacent to an activating group) is 1. The summed E-state index contributed by atoms with van der Waals surface area (Å²) in [5, 5.41) is 3.16. The van der Waals surface area contributed by atoms with Crippen LogP contribution in [0.2, 0.25) is 4.34 Å². The Morgan fingerprint density at radius 2 is 2.20 bits per heavy atom. The zero-order valence-corrected chi connectivity index (χ0v) is 11.0. The summed E-state index contributed by atoms with van der Waals surface area (Å²) in [6.07, 6.45) is 2.31. The topological polar surface area (TPSA) is 15.3 Å². The SMILES string of the molecule is CNCCCN(C)CCc1ccc(Cl)s1. The van der Waals surface area contributed by atoms with E-state index < -0.39 is 0 Å². The van der Waals surface area contributed by atoms with Crippen molar-refractivity contribution in [1.82, 2.24) is 10.2 Å². The summed E-state index contributed by atoms with van der Waals surface area (Å²) >= 11 is 7.56. The molecule has 0 aliphatic rings. The molecule has 0 unspecified atom stereocenters. The average Bonchev–Trinajstić information content (AvgIpc) is 2.62.